The van der Waals surface area contributed by atoms with Crippen LogP contribution in [0.15, 0.2) is 35.9 Å². The molecule has 35 heavy (non-hydrogen) atoms. The Balaban J connectivity index is 1.37. The standard InChI is InChI=1S/C26H30FN5O3/c1-18-14-20(19(2)32(18)17-24-4-3-13-35-24)15-21(16-28)25(33)30-9-11-31(12-10-30)26(34)29-23-7-5-22(27)6-8-23/h5-8,14-15,24H,3-4,9-13,17H2,1-2H3,(H,29,34)/b21-15-/t24-/m1/s1. The van der Waals surface area contributed by atoms with Crippen molar-refractivity contribution >= 4 is 23.7 Å². The maximum absolute atomic E-state index is 13.1. The van der Waals surface area contributed by atoms with Crippen LogP contribution >= 0.6 is 0 Å². The second-order valence-corrected chi connectivity index (χ2v) is 8.96. The summed E-state index contributed by atoms with van der Waals surface area (Å²) >= 11 is 0. The molecule has 2 aliphatic heterocycles. The van der Waals surface area contributed by atoms with Gasteiger partial charge in [0.2, 0.25) is 0 Å². The summed E-state index contributed by atoms with van der Waals surface area (Å²) < 4.78 is 21.0. The molecule has 8 nitrogen and oxygen atoms in total. The van der Waals surface area contributed by atoms with Gasteiger partial charge in [-0.1, -0.05) is 0 Å². The number of aromatic nitrogens is 1. The van der Waals surface area contributed by atoms with Gasteiger partial charge in [0.15, 0.2) is 0 Å². The van der Waals surface area contributed by atoms with Crippen molar-refractivity contribution in [1.82, 2.24) is 14.4 Å². The number of urea groups is 1. The van der Waals surface area contributed by atoms with Crippen LogP contribution in [0.2, 0.25) is 0 Å². The zero-order chi connectivity index (χ0) is 24.9. The predicted octanol–water partition coefficient (Wildman–Crippen LogP) is 3.71. The van der Waals surface area contributed by atoms with Crippen LogP contribution in [0.1, 0.15) is 29.8 Å². The van der Waals surface area contributed by atoms with Crippen LogP contribution < -0.4 is 5.32 Å². The lowest BCUT2D eigenvalue weighted by Gasteiger charge is -2.34. The van der Waals surface area contributed by atoms with Crippen molar-refractivity contribution in [2.24, 2.45) is 0 Å². The lowest BCUT2D eigenvalue weighted by Crippen LogP contribution is -2.51. The topological polar surface area (TPSA) is 90.6 Å². The average Bonchev–Trinajstić information content (AvgIpc) is 3.47. The van der Waals surface area contributed by atoms with Gasteiger partial charge < -0.3 is 24.4 Å². The molecule has 1 aromatic heterocycles. The number of benzene rings is 1. The fourth-order valence-corrected chi connectivity index (χ4v) is 4.56. The van der Waals surface area contributed by atoms with E-state index in [-0.39, 0.29) is 29.4 Å². The summed E-state index contributed by atoms with van der Waals surface area (Å²) in [6, 6.07) is 9.29. The summed E-state index contributed by atoms with van der Waals surface area (Å²) in [5, 5.41) is 12.4. The monoisotopic (exact) mass is 479 g/mol. The summed E-state index contributed by atoms with van der Waals surface area (Å²) in [6.07, 6.45) is 3.97. The highest BCUT2D eigenvalue weighted by Gasteiger charge is 2.27. The van der Waals surface area contributed by atoms with Gasteiger partial charge in [0.1, 0.15) is 17.5 Å². The van der Waals surface area contributed by atoms with Crippen molar-refractivity contribution in [3.05, 3.63) is 58.7 Å². The Bertz CT molecular complexity index is 1150. The van der Waals surface area contributed by atoms with E-state index in [0.29, 0.717) is 31.9 Å². The van der Waals surface area contributed by atoms with Crippen molar-refractivity contribution < 1.29 is 18.7 Å². The molecule has 2 saturated heterocycles. The minimum atomic E-state index is -0.374. The van der Waals surface area contributed by atoms with Crippen LogP contribution in [0.4, 0.5) is 14.9 Å². The number of anilines is 1. The van der Waals surface area contributed by atoms with Crippen molar-refractivity contribution in [3.63, 3.8) is 0 Å². The van der Waals surface area contributed by atoms with Crippen molar-refractivity contribution in [1.29, 1.82) is 5.26 Å². The molecule has 9 heteroatoms. The first-order valence-electron chi connectivity index (χ1n) is 11.9. The van der Waals surface area contributed by atoms with Crippen molar-refractivity contribution in [2.45, 2.75) is 39.3 Å². The highest BCUT2D eigenvalue weighted by atomic mass is 19.1. The Labute approximate surface area is 204 Å². The minimum absolute atomic E-state index is 0.0755. The highest BCUT2D eigenvalue weighted by Crippen LogP contribution is 2.23. The first-order valence-corrected chi connectivity index (χ1v) is 11.9. The predicted molar refractivity (Wildman–Crippen MR) is 130 cm³/mol. The lowest BCUT2D eigenvalue weighted by atomic mass is 10.1. The third-order valence-electron chi connectivity index (χ3n) is 6.62. The maximum atomic E-state index is 13.1. The molecule has 0 aliphatic carbocycles. The Morgan fingerprint density at radius 1 is 1.17 bits per heavy atom. The summed E-state index contributed by atoms with van der Waals surface area (Å²) in [7, 11) is 0. The van der Waals surface area contributed by atoms with E-state index in [0.717, 1.165) is 42.9 Å². The Morgan fingerprint density at radius 2 is 1.86 bits per heavy atom. The fourth-order valence-electron chi connectivity index (χ4n) is 4.56. The van der Waals surface area contributed by atoms with Gasteiger partial charge in [0.05, 0.1) is 6.10 Å². The molecule has 1 atom stereocenters. The van der Waals surface area contributed by atoms with E-state index >= 15 is 0 Å². The van der Waals surface area contributed by atoms with Gasteiger partial charge in [-0.2, -0.15) is 5.26 Å². The van der Waals surface area contributed by atoms with E-state index < -0.39 is 0 Å². The van der Waals surface area contributed by atoms with Gasteiger partial charge in [-0.05, 0) is 68.7 Å². The molecule has 0 saturated carbocycles. The molecule has 2 aliphatic rings. The zero-order valence-electron chi connectivity index (χ0n) is 20.1. The van der Waals surface area contributed by atoms with Crippen LogP contribution in [-0.4, -0.2) is 65.2 Å². The maximum Gasteiger partial charge on any atom is 0.321 e. The van der Waals surface area contributed by atoms with E-state index in [1.165, 1.54) is 24.3 Å². The number of carbonyl (C=O) groups excluding carboxylic acids is 2. The quantitative estimate of drug-likeness (QED) is 0.523. The number of nitriles is 1. The largest absolute Gasteiger partial charge is 0.376 e. The number of rotatable bonds is 5. The Kier molecular flexibility index (Phi) is 7.51. The second-order valence-electron chi connectivity index (χ2n) is 8.96. The molecule has 0 bridgehead atoms. The number of amides is 3. The van der Waals surface area contributed by atoms with Gasteiger partial charge in [-0.15, -0.1) is 0 Å². The molecule has 3 heterocycles. The molecule has 0 spiro atoms. The van der Waals surface area contributed by atoms with E-state index in [4.69, 9.17) is 4.74 Å². The average molecular weight is 480 g/mol. The highest BCUT2D eigenvalue weighted by molar-refractivity contribution is 6.02. The number of nitrogens with one attached hydrogen (secondary N) is 1. The van der Waals surface area contributed by atoms with E-state index in [1.54, 1.807) is 15.9 Å². The number of hydrogen-bond donors (Lipinski definition) is 1. The van der Waals surface area contributed by atoms with Gasteiger partial charge >= 0.3 is 6.03 Å². The number of ether oxygens (including phenoxy) is 1. The van der Waals surface area contributed by atoms with Crippen LogP contribution in [0.25, 0.3) is 6.08 Å². The van der Waals surface area contributed by atoms with Crippen LogP contribution in [0, 0.1) is 31.0 Å². The molecular weight excluding hydrogens is 449 g/mol. The van der Waals surface area contributed by atoms with Crippen LogP contribution in [-0.2, 0) is 16.1 Å². The normalized spacial score (nSPS) is 18.5. The summed E-state index contributed by atoms with van der Waals surface area (Å²) in [6.45, 7) is 6.91. The number of nitrogens with zero attached hydrogens (tertiary/aromatic N) is 4. The van der Waals surface area contributed by atoms with Crippen molar-refractivity contribution in [3.8, 4) is 6.07 Å². The molecule has 3 amide bonds. The summed E-state index contributed by atoms with van der Waals surface area (Å²) in [4.78, 5) is 28.8. The summed E-state index contributed by atoms with van der Waals surface area (Å²) in [5.41, 5.74) is 3.49. The minimum Gasteiger partial charge on any atom is -0.376 e. The molecule has 2 fully saturated rings. The third-order valence-corrected chi connectivity index (χ3v) is 6.62. The molecule has 2 aromatic rings. The van der Waals surface area contributed by atoms with Gasteiger partial charge in [-0.25, -0.2) is 9.18 Å². The fraction of sp³-hybridized carbons (Fsp3) is 0.423. The number of piperazine rings is 1. The van der Waals surface area contributed by atoms with Gasteiger partial charge in [-0.3, -0.25) is 4.79 Å². The van der Waals surface area contributed by atoms with Crippen molar-refractivity contribution in [2.75, 3.05) is 38.1 Å². The second kappa shape index (κ2) is 10.7. The first-order chi connectivity index (χ1) is 16.9. The first kappa shape index (κ1) is 24.5. The number of aryl methyl sites for hydroxylation is 1. The Hall–Kier alpha value is -3.64. The molecule has 4 rings (SSSR count). The lowest BCUT2D eigenvalue weighted by molar-refractivity contribution is -0.127. The van der Waals surface area contributed by atoms with Gasteiger partial charge in [0.25, 0.3) is 5.91 Å². The SMILES string of the molecule is Cc1cc(/C=C(/C#N)C(=O)N2CCN(C(=O)Nc3ccc(F)cc3)CC2)c(C)n1C[C@H]1CCCO1. The molecular formula is C26H30FN5O3. The van der Waals surface area contributed by atoms with Crippen LogP contribution in [0.3, 0.4) is 0 Å². The molecule has 1 aromatic carbocycles. The third kappa shape index (κ3) is 5.72. The smallest absolute Gasteiger partial charge is 0.321 e. The Morgan fingerprint density at radius 3 is 2.49 bits per heavy atom. The zero-order valence-corrected chi connectivity index (χ0v) is 20.1. The number of hydrogen-bond acceptors (Lipinski definition) is 4. The van der Waals surface area contributed by atoms with Gasteiger partial charge in [0, 0.05) is 56.4 Å². The number of carbonyl (C=O) groups is 2. The molecule has 1 N–H and O–H groups in total. The van der Waals surface area contributed by atoms with E-state index in [1.807, 2.05) is 19.9 Å². The summed E-state index contributed by atoms with van der Waals surface area (Å²) in [5.74, 6) is -0.712. The molecule has 0 radical (unpaired) electrons. The number of halogens is 1. The van der Waals surface area contributed by atoms with E-state index in [9.17, 15) is 19.2 Å². The molecule has 184 valence electrons. The van der Waals surface area contributed by atoms with Crippen LogP contribution in [0.5, 0.6) is 0 Å². The van der Waals surface area contributed by atoms with E-state index in [2.05, 4.69) is 16.0 Å². The molecule has 0 unspecified atom stereocenters.